The second-order valence-corrected chi connectivity index (χ2v) is 13.3. The smallest absolute Gasteiger partial charge is 0.0745 e. The summed E-state index contributed by atoms with van der Waals surface area (Å²) in [5.41, 5.74) is 5.41. The molecule has 10 atom stereocenters. The number of hydrogen-bond donors (Lipinski definition) is 11. The number of rotatable bonds is 27. The van der Waals surface area contributed by atoms with E-state index in [9.17, 15) is 46.0 Å². The SMILES string of the molecule is CC(C)CNC(CC(O)CC(O)CC(O)/C=C/CC(O)CC(O)CC(O)CC(O)/C=C/CC(O)CC(O)CCCN)C(C)C. The van der Waals surface area contributed by atoms with Crippen molar-refractivity contribution < 1.29 is 46.0 Å². The van der Waals surface area contributed by atoms with E-state index in [-0.39, 0.29) is 57.4 Å². The number of nitrogens with one attached hydrogen (secondary N) is 1. The Balaban J connectivity index is 4.33. The average molecular weight is 635 g/mol. The van der Waals surface area contributed by atoms with Crippen LogP contribution in [-0.2, 0) is 0 Å². The quantitative estimate of drug-likeness (QED) is 0.0569. The standard InChI is InChI=1S/C33H66N2O9/c1-22(2)21-35-33(23(3)4)20-32(44)19-31(43)17-27(39)11-6-10-26(38)16-30(42)18-29(41)15-25(37)9-5-8-24(36)14-28(40)12-7-13-34/h5-6,9,11,22-33,35-44H,7-8,10,12-21,34H2,1-4H3/b9-5+,11-6+. The minimum absolute atomic E-state index is 0.00121. The summed E-state index contributed by atoms with van der Waals surface area (Å²) in [6, 6.07) is 0.132. The Morgan fingerprint density at radius 1 is 0.545 bits per heavy atom. The first-order valence-electron chi connectivity index (χ1n) is 16.5. The van der Waals surface area contributed by atoms with Crippen molar-refractivity contribution in [3.05, 3.63) is 24.3 Å². The maximum Gasteiger partial charge on any atom is 0.0745 e. The van der Waals surface area contributed by atoms with Gasteiger partial charge in [0.25, 0.3) is 0 Å². The van der Waals surface area contributed by atoms with Crippen molar-refractivity contribution in [2.24, 2.45) is 17.6 Å². The molecule has 0 aromatic rings. The third kappa shape index (κ3) is 24.3. The summed E-state index contributed by atoms with van der Waals surface area (Å²) in [5, 5.41) is 95.1. The first-order valence-corrected chi connectivity index (χ1v) is 16.5. The van der Waals surface area contributed by atoms with Gasteiger partial charge in [0.2, 0.25) is 0 Å². The summed E-state index contributed by atoms with van der Waals surface area (Å²) in [6.07, 6.45) is 0.776. The van der Waals surface area contributed by atoms with E-state index < -0.39 is 54.9 Å². The molecule has 0 saturated heterocycles. The van der Waals surface area contributed by atoms with Gasteiger partial charge in [0.15, 0.2) is 0 Å². The van der Waals surface area contributed by atoms with Crippen LogP contribution in [0.2, 0.25) is 0 Å². The Labute approximate surface area is 265 Å². The Bertz CT molecular complexity index is 740. The molecule has 44 heavy (non-hydrogen) atoms. The van der Waals surface area contributed by atoms with Crippen LogP contribution in [0.1, 0.15) is 98.3 Å². The highest BCUT2D eigenvalue weighted by Gasteiger charge is 2.22. The van der Waals surface area contributed by atoms with Gasteiger partial charge in [-0.1, -0.05) is 52.0 Å². The fourth-order valence-corrected chi connectivity index (χ4v) is 5.08. The van der Waals surface area contributed by atoms with Gasteiger partial charge in [-0.15, -0.1) is 0 Å². The van der Waals surface area contributed by atoms with Gasteiger partial charge in [0, 0.05) is 18.9 Å². The molecule has 0 aliphatic rings. The van der Waals surface area contributed by atoms with Gasteiger partial charge in [0.05, 0.1) is 54.9 Å². The molecule has 0 spiro atoms. The molecule has 0 rings (SSSR count). The van der Waals surface area contributed by atoms with E-state index in [2.05, 4.69) is 33.0 Å². The fourth-order valence-electron chi connectivity index (χ4n) is 5.08. The maximum atomic E-state index is 10.5. The van der Waals surface area contributed by atoms with E-state index in [0.717, 1.165) is 6.54 Å². The van der Waals surface area contributed by atoms with E-state index in [0.29, 0.717) is 37.6 Å². The zero-order valence-electron chi connectivity index (χ0n) is 27.5. The molecule has 0 fully saturated rings. The molecule has 0 aromatic heterocycles. The molecular formula is C33H66N2O9. The van der Waals surface area contributed by atoms with Crippen LogP contribution in [0.4, 0.5) is 0 Å². The predicted molar refractivity (Wildman–Crippen MR) is 174 cm³/mol. The Hall–Kier alpha value is -0.960. The summed E-state index contributed by atoms with van der Waals surface area (Å²) in [6.45, 7) is 9.75. The highest BCUT2D eigenvalue weighted by molar-refractivity contribution is 4.93. The van der Waals surface area contributed by atoms with Gasteiger partial charge in [-0.05, 0) is 82.7 Å². The number of aliphatic hydroxyl groups excluding tert-OH is 9. The van der Waals surface area contributed by atoms with E-state index in [4.69, 9.17) is 5.73 Å². The second kappa shape index (κ2) is 25.2. The molecule has 0 bridgehead atoms. The van der Waals surface area contributed by atoms with Crippen molar-refractivity contribution in [2.45, 2.75) is 159 Å². The van der Waals surface area contributed by atoms with Crippen LogP contribution in [-0.4, -0.2) is 120 Å². The highest BCUT2D eigenvalue weighted by atomic mass is 16.3. The van der Waals surface area contributed by atoms with Crippen molar-refractivity contribution >= 4 is 0 Å². The minimum Gasteiger partial charge on any atom is -0.393 e. The summed E-state index contributed by atoms with van der Waals surface area (Å²) in [7, 11) is 0. The molecule has 11 nitrogen and oxygen atoms in total. The average Bonchev–Trinajstić information content (AvgIpc) is 2.88. The monoisotopic (exact) mass is 634 g/mol. The zero-order valence-corrected chi connectivity index (χ0v) is 27.5. The Morgan fingerprint density at radius 3 is 1.39 bits per heavy atom. The lowest BCUT2D eigenvalue weighted by atomic mass is 9.94. The third-order valence-electron chi connectivity index (χ3n) is 7.60. The van der Waals surface area contributed by atoms with E-state index in [1.54, 1.807) is 12.2 Å². The van der Waals surface area contributed by atoms with Crippen LogP contribution < -0.4 is 11.1 Å². The van der Waals surface area contributed by atoms with Crippen LogP contribution in [0.25, 0.3) is 0 Å². The highest BCUT2D eigenvalue weighted by Crippen LogP contribution is 2.17. The minimum atomic E-state index is -1.00. The lowest BCUT2D eigenvalue weighted by Gasteiger charge is -2.27. The molecule has 0 radical (unpaired) electrons. The first-order chi connectivity index (χ1) is 20.6. The summed E-state index contributed by atoms with van der Waals surface area (Å²) in [4.78, 5) is 0. The van der Waals surface area contributed by atoms with Gasteiger partial charge in [-0.25, -0.2) is 0 Å². The molecule has 0 heterocycles. The predicted octanol–water partition coefficient (Wildman–Crippen LogP) is 0.867. The second-order valence-electron chi connectivity index (χ2n) is 13.3. The van der Waals surface area contributed by atoms with Crippen LogP contribution in [0.15, 0.2) is 24.3 Å². The number of nitrogens with two attached hydrogens (primary N) is 1. The number of hydrogen-bond acceptors (Lipinski definition) is 11. The van der Waals surface area contributed by atoms with E-state index >= 15 is 0 Å². The fraction of sp³-hybridized carbons (Fsp3) is 0.879. The lowest BCUT2D eigenvalue weighted by molar-refractivity contribution is 0.0260. The van der Waals surface area contributed by atoms with Crippen LogP contribution in [0.5, 0.6) is 0 Å². The molecule has 11 heteroatoms. The summed E-state index contributed by atoms with van der Waals surface area (Å²) < 4.78 is 0. The zero-order chi connectivity index (χ0) is 33.7. The molecular weight excluding hydrogens is 568 g/mol. The molecule has 0 aliphatic heterocycles. The van der Waals surface area contributed by atoms with Crippen LogP contribution >= 0.6 is 0 Å². The summed E-state index contributed by atoms with van der Waals surface area (Å²) in [5.74, 6) is 0.828. The van der Waals surface area contributed by atoms with Crippen molar-refractivity contribution in [3.63, 3.8) is 0 Å². The van der Waals surface area contributed by atoms with Crippen LogP contribution in [0, 0.1) is 11.8 Å². The van der Waals surface area contributed by atoms with Gasteiger partial charge < -0.3 is 57.0 Å². The molecule has 0 aromatic carbocycles. The van der Waals surface area contributed by atoms with E-state index in [1.807, 2.05) is 0 Å². The maximum absolute atomic E-state index is 10.5. The Kier molecular flexibility index (Phi) is 24.6. The third-order valence-corrected chi connectivity index (χ3v) is 7.60. The van der Waals surface area contributed by atoms with Crippen molar-refractivity contribution in [3.8, 4) is 0 Å². The normalized spacial score (nSPS) is 19.7. The topological polar surface area (TPSA) is 220 Å². The van der Waals surface area contributed by atoms with Crippen LogP contribution in [0.3, 0.4) is 0 Å². The first kappa shape index (κ1) is 43.0. The molecule has 262 valence electrons. The van der Waals surface area contributed by atoms with Gasteiger partial charge in [-0.2, -0.15) is 0 Å². The van der Waals surface area contributed by atoms with Crippen molar-refractivity contribution in [1.82, 2.24) is 5.32 Å². The molecule has 0 aliphatic carbocycles. The molecule has 0 saturated carbocycles. The lowest BCUT2D eigenvalue weighted by Crippen LogP contribution is -2.39. The Morgan fingerprint density at radius 2 is 0.955 bits per heavy atom. The summed E-state index contributed by atoms with van der Waals surface area (Å²) >= 11 is 0. The molecule has 0 amide bonds. The molecule has 12 N–H and O–H groups in total. The van der Waals surface area contributed by atoms with Gasteiger partial charge in [0.1, 0.15) is 0 Å². The van der Waals surface area contributed by atoms with Gasteiger partial charge in [-0.3, -0.25) is 0 Å². The van der Waals surface area contributed by atoms with Crippen molar-refractivity contribution in [1.29, 1.82) is 0 Å². The number of aliphatic hydroxyl groups is 9. The largest absolute Gasteiger partial charge is 0.393 e. The molecule has 10 unspecified atom stereocenters. The van der Waals surface area contributed by atoms with Gasteiger partial charge >= 0.3 is 0 Å². The van der Waals surface area contributed by atoms with Crippen molar-refractivity contribution in [2.75, 3.05) is 13.1 Å². The van der Waals surface area contributed by atoms with E-state index in [1.165, 1.54) is 12.2 Å².